The molecule has 1 unspecified atom stereocenters. The number of halogens is 3. The standard InChI is InChI=1S/C10H12ClF2NO2/c1-6(2)16-8-3-7(4-14-5-8)9(15)10(11,12)13/h3-6,9,15H,1-2H3. The van der Waals surface area contributed by atoms with Gasteiger partial charge in [0.05, 0.1) is 12.3 Å². The lowest BCUT2D eigenvalue weighted by atomic mass is 10.1. The maximum Gasteiger partial charge on any atom is 0.351 e. The van der Waals surface area contributed by atoms with Gasteiger partial charge in [0.25, 0.3) is 0 Å². The lowest BCUT2D eigenvalue weighted by Gasteiger charge is -2.17. The summed E-state index contributed by atoms with van der Waals surface area (Å²) in [5, 5.41) is 5.51. The van der Waals surface area contributed by atoms with Crippen molar-refractivity contribution in [1.29, 1.82) is 0 Å². The van der Waals surface area contributed by atoms with Crippen LogP contribution in [-0.4, -0.2) is 21.6 Å². The van der Waals surface area contributed by atoms with Crippen molar-refractivity contribution in [3.63, 3.8) is 0 Å². The average molecular weight is 252 g/mol. The van der Waals surface area contributed by atoms with Gasteiger partial charge in [0.2, 0.25) is 0 Å². The van der Waals surface area contributed by atoms with Crippen LogP contribution in [0, 0.1) is 0 Å². The largest absolute Gasteiger partial charge is 0.489 e. The maximum absolute atomic E-state index is 12.6. The molecule has 1 N–H and O–H groups in total. The van der Waals surface area contributed by atoms with Crippen molar-refractivity contribution in [2.45, 2.75) is 31.4 Å². The Morgan fingerprint density at radius 2 is 2.06 bits per heavy atom. The molecule has 0 bridgehead atoms. The Hall–Kier alpha value is -0.940. The lowest BCUT2D eigenvalue weighted by Crippen LogP contribution is -2.19. The fourth-order valence-electron chi connectivity index (χ4n) is 1.11. The summed E-state index contributed by atoms with van der Waals surface area (Å²) in [5.41, 5.74) is -0.0850. The van der Waals surface area contributed by atoms with Gasteiger partial charge in [-0.15, -0.1) is 0 Å². The predicted octanol–water partition coefficient (Wildman–Crippen LogP) is 2.73. The fraction of sp³-hybridized carbons (Fsp3) is 0.500. The molecule has 1 heterocycles. The van der Waals surface area contributed by atoms with E-state index in [4.69, 9.17) is 16.3 Å². The molecular formula is C10H12ClF2NO2. The van der Waals surface area contributed by atoms with Gasteiger partial charge >= 0.3 is 5.38 Å². The van der Waals surface area contributed by atoms with Crippen LogP contribution in [0.25, 0.3) is 0 Å². The fourth-order valence-corrected chi connectivity index (χ4v) is 1.24. The van der Waals surface area contributed by atoms with E-state index >= 15 is 0 Å². The van der Waals surface area contributed by atoms with E-state index in [-0.39, 0.29) is 11.7 Å². The van der Waals surface area contributed by atoms with Crippen molar-refractivity contribution in [2.75, 3.05) is 0 Å². The van der Waals surface area contributed by atoms with Crippen LogP contribution >= 0.6 is 11.6 Å². The van der Waals surface area contributed by atoms with Crippen molar-refractivity contribution < 1.29 is 18.6 Å². The molecule has 0 saturated carbocycles. The normalized spacial score (nSPS) is 13.9. The van der Waals surface area contributed by atoms with E-state index < -0.39 is 11.5 Å². The third-order valence-corrected chi connectivity index (χ3v) is 1.94. The topological polar surface area (TPSA) is 42.4 Å². The number of hydrogen-bond acceptors (Lipinski definition) is 3. The van der Waals surface area contributed by atoms with Gasteiger partial charge in [0, 0.05) is 11.8 Å². The van der Waals surface area contributed by atoms with Crippen molar-refractivity contribution in [2.24, 2.45) is 0 Å². The molecule has 1 aromatic rings. The summed E-state index contributed by atoms with van der Waals surface area (Å²) in [6.07, 6.45) is 0.291. The Labute approximate surface area is 97.0 Å². The SMILES string of the molecule is CC(C)Oc1cncc(C(O)C(F)(F)Cl)c1. The second kappa shape index (κ2) is 4.93. The first-order chi connectivity index (χ1) is 7.30. The summed E-state index contributed by atoms with van der Waals surface area (Å²) in [6, 6.07) is 1.29. The zero-order valence-corrected chi connectivity index (χ0v) is 9.58. The van der Waals surface area contributed by atoms with Gasteiger partial charge in [-0.05, 0) is 31.5 Å². The van der Waals surface area contributed by atoms with E-state index in [1.54, 1.807) is 13.8 Å². The van der Waals surface area contributed by atoms with E-state index in [0.29, 0.717) is 5.75 Å². The minimum atomic E-state index is -3.72. The van der Waals surface area contributed by atoms with Crippen molar-refractivity contribution in [3.05, 3.63) is 24.0 Å². The molecule has 0 amide bonds. The highest BCUT2D eigenvalue weighted by atomic mass is 35.5. The number of aromatic nitrogens is 1. The minimum absolute atomic E-state index is 0.0850. The van der Waals surface area contributed by atoms with Crippen LogP contribution in [0.3, 0.4) is 0 Å². The Balaban J connectivity index is 2.90. The second-order valence-corrected chi connectivity index (χ2v) is 4.07. The Bertz CT molecular complexity index is 355. The molecule has 3 nitrogen and oxygen atoms in total. The molecule has 0 saturated heterocycles. The molecule has 0 aromatic carbocycles. The number of alkyl halides is 3. The molecular weight excluding hydrogens is 240 g/mol. The predicted molar refractivity (Wildman–Crippen MR) is 55.8 cm³/mol. The van der Waals surface area contributed by atoms with E-state index in [1.807, 2.05) is 0 Å². The van der Waals surface area contributed by atoms with Crippen LogP contribution in [0.5, 0.6) is 5.75 Å². The van der Waals surface area contributed by atoms with Crippen molar-refractivity contribution in [3.8, 4) is 5.75 Å². The first kappa shape index (κ1) is 13.1. The minimum Gasteiger partial charge on any atom is -0.489 e. The van der Waals surface area contributed by atoms with Crippen LogP contribution in [0.4, 0.5) is 8.78 Å². The number of rotatable bonds is 4. The summed E-state index contributed by atoms with van der Waals surface area (Å²) in [7, 11) is 0. The molecule has 16 heavy (non-hydrogen) atoms. The smallest absolute Gasteiger partial charge is 0.351 e. The molecule has 0 fully saturated rings. The number of ether oxygens (including phenoxy) is 1. The van der Waals surface area contributed by atoms with Gasteiger partial charge in [0.1, 0.15) is 5.75 Å². The molecule has 6 heteroatoms. The third kappa shape index (κ3) is 3.57. The summed E-state index contributed by atoms with van der Waals surface area (Å²) in [5.74, 6) is 0.312. The molecule has 0 spiro atoms. The van der Waals surface area contributed by atoms with Crippen LogP contribution < -0.4 is 4.74 Å². The van der Waals surface area contributed by atoms with E-state index in [0.717, 1.165) is 6.20 Å². The Morgan fingerprint density at radius 3 is 2.56 bits per heavy atom. The van der Waals surface area contributed by atoms with Crippen LogP contribution in [-0.2, 0) is 0 Å². The van der Waals surface area contributed by atoms with E-state index in [2.05, 4.69) is 4.98 Å². The van der Waals surface area contributed by atoms with E-state index in [1.165, 1.54) is 12.3 Å². The average Bonchev–Trinajstić information content (AvgIpc) is 2.14. The van der Waals surface area contributed by atoms with Crippen LogP contribution in [0.15, 0.2) is 18.5 Å². The molecule has 90 valence electrons. The number of aliphatic hydroxyl groups is 1. The number of pyridine rings is 1. The van der Waals surface area contributed by atoms with Gasteiger partial charge in [-0.1, -0.05) is 0 Å². The zero-order valence-electron chi connectivity index (χ0n) is 8.82. The van der Waals surface area contributed by atoms with Crippen LogP contribution in [0.1, 0.15) is 25.5 Å². The summed E-state index contributed by atoms with van der Waals surface area (Å²) in [4.78, 5) is 3.70. The molecule has 0 radical (unpaired) electrons. The zero-order chi connectivity index (χ0) is 12.3. The molecule has 0 aliphatic rings. The van der Waals surface area contributed by atoms with Gasteiger partial charge in [-0.25, -0.2) is 0 Å². The maximum atomic E-state index is 12.6. The number of aliphatic hydroxyl groups excluding tert-OH is 1. The monoisotopic (exact) mass is 251 g/mol. The second-order valence-electron chi connectivity index (χ2n) is 3.56. The van der Waals surface area contributed by atoms with Crippen LogP contribution in [0.2, 0.25) is 0 Å². The van der Waals surface area contributed by atoms with Gasteiger partial charge in [-0.3, -0.25) is 4.98 Å². The molecule has 1 rings (SSSR count). The molecule has 0 aliphatic carbocycles. The third-order valence-electron chi connectivity index (χ3n) is 1.73. The first-order valence-electron chi connectivity index (χ1n) is 4.67. The lowest BCUT2D eigenvalue weighted by molar-refractivity contribution is -0.0427. The number of hydrogen-bond donors (Lipinski definition) is 1. The number of nitrogens with zero attached hydrogens (tertiary/aromatic N) is 1. The van der Waals surface area contributed by atoms with E-state index in [9.17, 15) is 13.9 Å². The highest BCUT2D eigenvalue weighted by molar-refractivity contribution is 6.22. The first-order valence-corrected chi connectivity index (χ1v) is 5.05. The summed E-state index contributed by atoms with van der Waals surface area (Å²) >= 11 is 4.72. The quantitative estimate of drug-likeness (QED) is 0.837. The van der Waals surface area contributed by atoms with Crippen molar-refractivity contribution >= 4 is 11.6 Å². The molecule has 1 aromatic heterocycles. The highest BCUT2D eigenvalue weighted by Crippen LogP contribution is 2.35. The Morgan fingerprint density at radius 1 is 1.44 bits per heavy atom. The van der Waals surface area contributed by atoms with Gasteiger partial charge in [-0.2, -0.15) is 8.78 Å². The van der Waals surface area contributed by atoms with Gasteiger partial charge < -0.3 is 9.84 Å². The van der Waals surface area contributed by atoms with Gasteiger partial charge in [0.15, 0.2) is 6.10 Å². The Kier molecular flexibility index (Phi) is 4.04. The van der Waals surface area contributed by atoms with Crippen molar-refractivity contribution in [1.82, 2.24) is 4.98 Å². The molecule has 0 aliphatic heterocycles. The highest BCUT2D eigenvalue weighted by Gasteiger charge is 2.37. The summed E-state index contributed by atoms with van der Waals surface area (Å²) < 4.78 is 30.5. The summed E-state index contributed by atoms with van der Waals surface area (Å²) in [6.45, 7) is 3.58. The molecule has 1 atom stereocenters.